The van der Waals surface area contributed by atoms with E-state index in [1.54, 1.807) is 13.8 Å². The quantitative estimate of drug-likeness (QED) is 0.458. The molecule has 0 fully saturated rings. The van der Waals surface area contributed by atoms with E-state index in [1.165, 1.54) is 16.7 Å². The van der Waals surface area contributed by atoms with E-state index in [0.717, 1.165) is 46.1 Å². The number of carbonyl (C=O) groups is 2. The molecule has 0 amide bonds. The summed E-state index contributed by atoms with van der Waals surface area (Å²) in [5.41, 5.74) is 10.7. The van der Waals surface area contributed by atoms with Gasteiger partial charge in [-0.2, -0.15) is 0 Å². The molecular formula is C29H36O3. The molecule has 1 N–H and O–H groups in total. The molecule has 170 valence electrons. The normalized spacial score (nSPS) is 9.81. The van der Waals surface area contributed by atoms with Gasteiger partial charge in [0, 0.05) is 18.2 Å². The highest BCUT2D eigenvalue weighted by Crippen LogP contribution is 2.28. The highest BCUT2D eigenvalue weighted by Gasteiger charge is 2.13. The van der Waals surface area contributed by atoms with Gasteiger partial charge in [0.25, 0.3) is 0 Å². The first-order chi connectivity index (χ1) is 15.0. The van der Waals surface area contributed by atoms with Crippen LogP contribution in [-0.4, -0.2) is 23.8 Å². The standard InChI is InChI=1S/C17H18O.C11H14O.CH4O/c1-11-6-5-7-15(9-11)16-10-12(2)8-13(3)17(16)14(4)18;1-7-5-8(2)11(10(4)12)9(3)6-7;1-2/h5-10H,1-4H3;5-6H,1-4H3;2H,1H3. The first-order valence-corrected chi connectivity index (χ1v) is 10.7. The molecule has 0 aliphatic carbocycles. The molecule has 3 aromatic carbocycles. The van der Waals surface area contributed by atoms with Crippen LogP contribution in [0, 0.1) is 41.5 Å². The van der Waals surface area contributed by atoms with Crippen molar-refractivity contribution in [2.75, 3.05) is 7.11 Å². The van der Waals surface area contributed by atoms with Gasteiger partial charge in [-0.3, -0.25) is 9.59 Å². The molecule has 0 unspecified atom stereocenters. The minimum Gasteiger partial charge on any atom is -0.400 e. The average molecular weight is 433 g/mol. The van der Waals surface area contributed by atoms with E-state index in [1.807, 2.05) is 45.9 Å². The summed E-state index contributed by atoms with van der Waals surface area (Å²) in [5, 5.41) is 7.00. The maximum Gasteiger partial charge on any atom is 0.160 e. The largest absolute Gasteiger partial charge is 0.400 e. The van der Waals surface area contributed by atoms with E-state index in [2.05, 4.69) is 44.2 Å². The number of ketones is 2. The SMILES string of the molecule is CC(=O)c1c(C)cc(C)cc1-c1cccc(C)c1.CC(=O)c1c(C)cc(C)cc1C.CO. The zero-order valence-corrected chi connectivity index (χ0v) is 20.9. The summed E-state index contributed by atoms with van der Waals surface area (Å²) in [6.45, 7) is 15.4. The van der Waals surface area contributed by atoms with Crippen molar-refractivity contribution < 1.29 is 14.7 Å². The predicted molar refractivity (Wildman–Crippen MR) is 135 cm³/mol. The molecule has 0 aromatic heterocycles. The number of aryl methyl sites for hydroxylation is 6. The van der Waals surface area contributed by atoms with E-state index in [-0.39, 0.29) is 11.6 Å². The summed E-state index contributed by atoms with van der Waals surface area (Å²) in [6, 6.07) is 16.5. The van der Waals surface area contributed by atoms with Gasteiger partial charge in [0.15, 0.2) is 11.6 Å². The molecule has 0 heterocycles. The molecule has 0 saturated carbocycles. The second kappa shape index (κ2) is 12.1. The van der Waals surface area contributed by atoms with E-state index < -0.39 is 0 Å². The van der Waals surface area contributed by atoms with Gasteiger partial charge in [-0.15, -0.1) is 0 Å². The van der Waals surface area contributed by atoms with Gasteiger partial charge in [-0.1, -0.05) is 65.2 Å². The summed E-state index contributed by atoms with van der Waals surface area (Å²) >= 11 is 0. The summed E-state index contributed by atoms with van der Waals surface area (Å²) in [6.07, 6.45) is 0. The maximum absolute atomic E-state index is 11.9. The first kappa shape index (κ1) is 27.0. The van der Waals surface area contributed by atoms with Gasteiger partial charge in [0.05, 0.1) is 0 Å². The van der Waals surface area contributed by atoms with Crippen molar-refractivity contribution in [3.05, 3.63) is 93.0 Å². The number of carbonyl (C=O) groups excluding carboxylic acids is 2. The minimum absolute atomic E-state index is 0.129. The van der Waals surface area contributed by atoms with Crippen molar-refractivity contribution in [1.29, 1.82) is 0 Å². The summed E-state index contributed by atoms with van der Waals surface area (Å²) in [4.78, 5) is 23.1. The number of hydrogen-bond donors (Lipinski definition) is 1. The Kier molecular flexibility index (Phi) is 10.2. The van der Waals surface area contributed by atoms with Crippen LogP contribution < -0.4 is 0 Å². The number of Topliss-reactive ketones (excluding diaryl/α,β-unsaturated/α-hetero) is 2. The van der Waals surface area contributed by atoms with Crippen molar-refractivity contribution in [2.24, 2.45) is 0 Å². The molecule has 0 radical (unpaired) electrons. The lowest BCUT2D eigenvalue weighted by atomic mass is 9.91. The molecule has 0 atom stereocenters. The fraction of sp³-hybridized carbons (Fsp3) is 0.310. The Morgan fingerprint density at radius 3 is 1.47 bits per heavy atom. The number of benzene rings is 3. The van der Waals surface area contributed by atoms with Crippen LogP contribution in [0.3, 0.4) is 0 Å². The van der Waals surface area contributed by atoms with E-state index >= 15 is 0 Å². The second-order valence-corrected chi connectivity index (χ2v) is 8.26. The second-order valence-electron chi connectivity index (χ2n) is 8.26. The Labute approximate surface area is 193 Å². The fourth-order valence-electron chi connectivity index (χ4n) is 4.21. The van der Waals surface area contributed by atoms with Gasteiger partial charge >= 0.3 is 0 Å². The van der Waals surface area contributed by atoms with Crippen LogP contribution in [0.25, 0.3) is 11.1 Å². The van der Waals surface area contributed by atoms with Gasteiger partial charge in [-0.05, 0) is 83.2 Å². The molecule has 3 rings (SSSR count). The van der Waals surface area contributed by atoms with Gasteiger partial charge in [0.2, 0.25) is 0 Å². The summed E-state index contributed by atoms with van der Waals surface area (Å²) in [5.74, 6) is 0.286. The van der Waals surface area contributed by atoms with Gasteiger partial charge in [-0.25, -0.2) is 0 Å². The molecule has 0 bridgehead atoms. The van der Waals surface area contributed by atoms with Crippen molar-refractivity contribution in [1.82, 2.24) is 0 Å². The Hall–Kier alpha value is -3.04. The topological polar surface area (TPSA) is 54.4 Å². The monoisotopic (exact) mass is 432 g/mol. The Balaban J connectivity index is 0.000000318. The molecule has 0 aliphatic heterocycles. The number of aliphatic hydroxyl groups excluding tert-OH is 1. The Morgan fingerprint density at radius 2 is 1.03 bits per heavy atom. The molecule has 3 heteroatoms. The first-order valence-electron chi connectivity index (χ1n) is 10.7. The van der Waals surface area contributed by atoms with Crippen LogP contribution in [0.1, 0.15) is 67.9 Å². The number of aliphatic hydroxyl groups is 1. The van der Waals surface area contributed by atoms with Crippen LogP contribution in [0.5, 0.6) is 0 Å². The van der Waals surface area contributed by atoms with Crippen LogP contribution in [-0.2, 0) is 0 Å². The molecule has 0 saturated heterocycles. The van der Waals surface area contributed by atoms with Crippen LogP contribution in [0.15, 0.2) is 48.5 Å². The van der Waals surface area contributed by atoms with Crippen LogP contribution in [0.2, 0.25) is 0 Å². The minimum atomic E-state index is 0.129. The van der Waals surface area contributed by atoms with E-state index in [4.69, 9.17) is 5.11 Å². The Bertz CT molecular complexity index is 1080. The molecule has 3 nitrogen and oxygen atoms in total. The maximum atomic E-state index is 11.9. The zero-order valence-electron chi connectivity index (χ0n) is 20.9. The highest BCUT2D eigenvalue weighted by atomic mass is 16.2. The molecular weight excluding hydrogens is 396 g/mol. The number of hydrogen-bond acceptors (Lipinski definition) is 3. The van der Waals surface area contributed by atoms with Crippen molar-refractivity contribution >= 4 is 11.6 Å². The third-order valence-corrected chi connectivity index (χ3v) is 5.19. The lowest BCUT2D eigenvalue weighted by Gasteiger charge is -2.12. The van der Waals surface area contributed by atoms with Crippen molar-refractivity contribution in [3.63, 3.8) is 0 Å². The molecule has 32 heavy (non-hydrogen) atoms. The molecule has 0 spiro atoms. The smallest absolute Gasteiger partial charge is 0.160 e. The third-order valence-electron chi connectivity index (χ3n) is 5.19. The zero-order chi connectivity index (χ0) is 24.6. The van der Waals surface area contributed by atoms with E-state index in [9.17, 15) is 9.59 Å². The Morgan fingerprint density at radius 1 is 0.594 bits per heavy atom. The van der Waals surface area contributed by atoms with Crippen LogP contribution in [0.4, 0.5) is 0 Å². The van der Waals surface area contributed by atoms with Crippen molar-refractivity contribution in [3.8, 4) is 11.1 Å². The lowest BCUT2D eigenvalue weighted by Crippen LogP contribution is -2.01. The van der Waals surface area contributed by atoms with Gasteiger partial charge < -0.3 is 5.11 Å². The molecule has 0 aliphatic rings. The third kappa shape index (κ3) is 7.00. The van der Waals surface area contributed by atoms with E-state index in [0.29, 0.717) is 0 Å². The average Bonchev–Trinajstić information content (AvgIpc) is 2.68. The number of rotatable bonds is 3. The lowest BCUT2D eigenvalue weighted by molar-refractivity contribution is 0.100. The predicted octanol–water partition coefficient (Wildman–Crippen LogP) is 6.90. The van der Waals surface area contributed by atoms with Crippen LogP contribution >= 0.6 is 0 Å². The summed E-state index contributed by atoms with van der Waals surface area (Å²) in [7, 11) is 1.00. The van der Waals surface area contributed by atoms with Crippen molar-refractivity contribution in [2.45, 2.75) is 55.4 Å². The fourth-order valence-corrected chi connectivity index (χ4v) is 4.21. The molecule has 3 aromatic rings. The highest BCUT2D eigenvalue weighted by molar-refractivity contribution is 6.02. The summed E-state index contributed by atoms with van der Waals surface area (Å²) < 4.78 is 0. The van der Waals surface area contributed by atoms with Gasteiger partial charge in [0.1, 0.15) is 0 Å².